The van der Waals surface area contributed by atoms with Gasteiger partial charge in [-0.2, -0.15) is 0 Å². The van der Waals surface area contributed by atoms with Gasteiger partial charge in [-0.25, -0.2) is 5.84 Å². The molecule has 12 nitrogen and oxygen atoms in total. The topological polar surface area (TPSA) is 179 Å². The molecule has 8 N–H and O–H groups in total. The van der Waals surface area contributed by atoms with Gasteiger partial charge in [-0.3, -0.25) is 14.6 Å². The number of aromatic nitrogens is 3. The molecule has 0 spiro atoms. The molecule has 1 aliphatic heterocycles. The first-order valence-corrected chi connectivity index (χ1v) is 8.57. The standard InChI is InChI=1S/C16H27N7O5/c1-3-4-22(8-11-7-21(2)20-19-11)5-10(17)6-23(18)16-15(27)14(26)13(25)12(9-24)28-16/h1,6-7,12-16,24-27H,4-5,8-9,17-18H2,2H3/b10-6-/t12?,13-,14?,15?,16+/m1/s1. The lowest BCUT2D eigenvalue weighted by Crippen LogP contribution is -2.63. The summed E-state index contributed by atoms with van der Waals surface area (Å²) in [6.45, 7) is 0.404. The van der Waals surface area contributed by atoms with Crippen LogP contribution in [0.4, 0.5) is 0 Å². The molecule has 1 saturated heterocycles. The van der Waals surface area contributed by atoms with Crippen LogP contribution >= 0.6 is 0 Å². The molecule has 2 rings (SSSR count). The van der Waals surface area contributed by atoms with Crippen LogP contribution in [0.2, 0.25) is 0 Å². The number of terminal acetylenes is 1. The van der Waals surface area contributed by atoms with Crippen LogP contribution in [-0.4, -0.2) is 95.7 Å². The van der Waals surface area contributed by atoms with Crippen molar-refractivity contribution < 1.29 is 25.2 Å². The number of hydrogen-bond acceptors (Lipinski definition) is 11. The summed E-state index contributed by atoms with van der Waals surface area (Å²) in [5, 5.41) is 47.9. The van der Waals surface area contributed by atoms with Crippen LogP contribution in [0.5, 0.6) is 0 Å². The fourth-order valence-electron chi connectivity index (χ4n) is 2.89. The SMILES string of the molecule is C#CCN(C/C(N)=C/N(N)[C@H]1OC(CO)[C@@H](O)C(O)C1O)Cc1cn(C)nn1. The van der Waals surface area contributed by atoms with Gasteiger partial charge >= 0.3 is 0 Å². The average Bonchev–Trinajstić information content (AvgIpc) is 3.04. The van der Waals surface area contributed by atoms with Gasteiger partial charge in [0.2, 0.25) is 0 Å². The molecule has 0 saturated carbocycles. The summed E-state index contributed by atoms with van der Waals surface area (Å²) < 4.78 is 6.94. The fourth-order valence-corrected chi connectivity index (χ4v) is 2.89. The number of hydrogen-bond donors (Lipinski definition) is 6. The lowest BCUT2D eigenvalue weighted by molar-refractivity contribution is -0.259. The van der Waals surface area contributed by atoms with Crippen LogP contribution in [0.25, 0.3) is 0 Å². The van der Waals surface area contributed by atoms with Crippen molar-refractivity contribution in [1.29, 1.82) is 0 Å². The van der Waals surface area contributed by atoms with Crippen molar-refractivity contribution in [1.82, 2.24) is 24.9 Å². The van der Waals surface area contributed by atoms with Crippen molar-refractivity contribution in [3.8, 4) is 12.3 Å². The smallest absolute Gasteiger partial charge is 0.172 e. The maximum absolute atomic E-state index is 10.1. The minimum absolute atomic E-state index is 0.242. The summed E-state index contributed by atoms with van der Waals surface area (Å²) in [5.41, 5.74) is 7.05. The van der Waals surface area contributed by atoms with E-state index in [1.54, 1.807) is 17.9 Å². The normalized spacial score (nSPS) is 28.4. The molecule has 0 amide bonds. The Labute approximate surface area is 162 Å². The molecule has 0 aliphatic carbocycles. The zero-order chi connectivity index (χ0) is 20.8. The Morgan fingerprint density at radius 2 is 2.11 bits per heavy atom. The highest BCUT2D eigenvalue weighted by molar-refractivity contribution is 5.04. The van der Waals surface area contributed by atoms with Crippen molar-refractivity contribution in [2.75, 3.05) is 19.7 Å². The highest BCUT2D eigenvalue weighted by Gasteiger charge is 2.45. The molecule has 1 aromatic rings. The largest absolute Gasteiger partial charge is 0.400 e. The number of aryl methyl sites for hydroxylation is 1. The summed E-state index contributed by atoms with van der Waals surface area (Å²) in [6.07, 6.45) is 1.69. The first-order chi connectivity index (χ1) is 13.3. The van der Waals surface area contributed by atoms with E-state index >= 15 is 0 Å². The third-order valence-electron chi connectivity index (χ3n) is 4.23. The Hall–Kier alpha value is -2.24. The van der Waals surface area contributed by atoms with Crippen molar-refractivity contribution in [3.63, 3.8) is 0 Å². The van der Waals surface area contributed by atoms with Crippen LogP contribution in [0.3, 0.4) is 0 Å². The highest BCUT2D eigenvalue weighted by Crippen LogP contribution is 2.22. The molecule has 2 heterocycles. The summed E-state index contributed by atoms with van der Waals surface area (Å²) in [6, 6.07) is 0. The predicted molar refractivity (Wildman–Crippen MR) is 97.2 cm³/mol. The third-order valence-corrected chi connectivity index (χ3v) is 4.23. The summed E-state index contributed by atoms with van der Waals surface area (Å²) in [4.78, 5) is 1.83. The summed E-state index contributed by atoms with van der Waals surface area (Å²) >= 11 is 0. The Kier molecular flexibility index (Phi) is 7.72. The predicted octanol–water partition coefficient (Wildman–Crippen LogP) is -3.97. The van der Waals surface area contributed by atoms with E-state index in [-0.39, 0.29) is 6.54 Å². The van der Waals surface area contributed by atoms with Crippen LogP contribution in [0, 0.1) is 12.3 Å². The number of aliphatic hydroxyl groups excluding tert-OH is 4. The van der Waals surface area contributed by atoms with E-state index in [1.165, 1.54) is 6.20 Å². The van der Waals surface area contributed by atoms with Gasteiger partial charge in [0.15, 0.2) is 6.23 Å². The molecule has 5 atom stereocenters. The van der Waals surface area contributed by atoms with Crippen molar-refractivity contribution in [3.05, 3.63) is 23.8 Å². The van der Waals surface area contributed by atoms with Gasteiger partial charge in [0.25, 0.3) is 0 Å². The van der Waals surface area contributed by atoms with Gasteiger partial charge in [-0.1, -0.05) is 11.1 Å². The van der Waals surface area contributed by atoms with Crippen molar-refractivity contribution >= 4 is 0 Å². The van der Waals surface area contributed by atoms with Gasteiger partial charge in [0, 0.05) is 38.2 Å². The van der Waals surface area contributed by atoms with E-state index in [0.717, 1.165) is 5.01 Å². The maximum atomic E-state index is 10.1. The molecule has 3 unspecified atom stereocenters. The Balaban J connectivity index is 2.04. The molecular weight excluding hydrogens is 370 g/mol. The molecule has 28 heavy (non-hydrogen) atoms. The monoisotopic (exact) mass is 397 g/mol. The fraction of sp³-hybridized carbons (Fsp3) is 0.625. The molecule has 0 bridgehead atoms. The Morgan fingerprint density at radius 1 is 1.39 bits per heavy atom. The number of nitrogens with two attached hydrogens (primary N) is 2. The van der Waals surface area contributed by atoms with E-state index in [1.807, 2.05) is 4.90 Å². The molecule has 0 radical (unpaired) electrons. The van der Waals surface area contributed by atoms with E-state index < -0.39 is 37.3 Å². The van der Waals surface area contributed by atoms with Gasteiger partial charge in [0.1, 0.15) is 24.4 Å². The van der Waals surface area contributed by atoms with Crippen LogP contribution in [-0.2, 0) is 18.3 Å². The minimum atomic E-state index is -1.54. The maximum Gasteiger partial charge on any atom is 0.172 e. The van der Waals surface area contributed by atoms with Gasteiger partial charge < -0.3 is 30.9 Å². The first-order valence-electron chi connectivity index (χ1n) is 8.57. The van der Waals surface area contributed by atoms with Gasteiger partial charge in [-0.15, -0.1) is 11.5 Å². The quantitative estimate of drug-likeness (QED) is 0.143. The second kappa shape index (κ2) is 9.80. The highest BCUT2D eigenvalue weighted by atomic mass is 16.6. The lowest BCUT2D eigenvalue weighted by atomic mass is 9.98. The van der Waals surface area contributed by atoms with Crippen LogP contribution in [0.15, 0.2) is 18.1 Å². The minimum Gasteiger partial charge on any atom is -0.400 e. The number of ether oxygens (including phenoxy) is 1. The molecule has 1 fully saturated rings. The Bertz CT molecular complexity index is 704. The lowest BCUT2D eigenvalue weighted by Gasteiger charge is -2.42. The summed E-state index contributed by atoms with van der Waals surface area (Å²) in [5.74, 6) is 8.44. The number of aliphatic hydroxyl groups is 4. The molecule has 12 heteroatoms. The van der Waals surface area contributed by atoms with E-state index in [0.29, 0.717) is 24.5 Å². The molecular formula is C16H27N7O5. The van der Waals surface area contributed by atoms with Crippen LogP contribution in [0.1, 0.15) is 5.69 Å². The first kappa shape index (κ1) is 22.1. The number of nitrogens with zero attached hydrogens (tertiary/aromatic N) is 5. The second-order valence-electron chi connectivity index (χ2n) is 6.60. The second-order valence-corrected chi connectivity index (χ2v) is 6.60. The summed E-state index contributed by atoms with van der Waals surface area (Å²) in [7, 11) is 1.75. The molecule has 1 aliphatic rings. The third kappa shape index (κ3) is 5.40. The molecule has 0 aromatic carbocycles. The van der Waals surface area contributed by atoms with E-state index in [2.05, 4.69) is 16.2 Å². The van der Waals surface area contributed by atoms with Crippen LogP contribution < -0.4 is 11.6 Å². The van der Waals surface area contributed by atoms with Gasteiger partial charge in [-0.05, 0) is 0 Å². The number of hydrazine groups is 1. The number of rotatable bonds is 8. The van der Waals surface area contributed by atoms with Crippen molar-refractivity contribution in [2.45, 2.75) is 37.2 Å². The van der Waals surface area contributed by atoms with Gasteiger partial charge in [0.05, 0.1) is 18.8 Å². The molecule has 156 valence electrons. The van der Waals surface area contributed by atoms with Crippen molar-refractivity contribution in [2.24, 2.45) is 18.6 Å². The average molecular weight is 397 g/mol. The zero-order valence-electron chi connectivity index (χ0n) is 15.5. The van der Waals surface area contributed by atoms with E-state index in [9.17, 15) is 20.4 Å². The molecule has 1 aromatic heterocycles. The Morgan fingerprint density at radius 3 is 2.68 bits per heavy atom. The zero-order valence-corrected chi connectivity index (χ0v) is 15.5. The van der Waals surface area contributed by atoms with E-state index in [4.69, 9.17) is 22.7 Å².